The molecular weight excluding hydrogens is 384 g/mol. The average molecular weight is 406 g/mol. The second-order valence-electron chi connectivity index (χ2n) is 6.78. The number of nitro benzene ring substituents is 1. The molecule has 0 saturated carbocycles. The number of rotatable bonds is 5. The van der Waals surface area contributed by atoms with Gasteiger partial charge in [0.2, 0.25) is 0 Å². The normalized spacial score (nSPS) is 25.4. The summed E-state index contributed by atoms with van der Waals surface area (Å²) in [5.74, 6) is -2.43. The summed E-state index contributed by atoms with van der Waals surface area (Å²) in [7, 11) is 0. The van der Waals surface area contributed by atoms with Crippen LogP contribution in [0.1, 0.15) is 39.2 Å². The van der Waals surface area contributed by atoms with Crippen LogP contribution in [0.15, 0.2) is 34.4 Å². The maximum atomic E-state index is 12.9. The maximum Gasteiger partial charge on any atom is 0.336 e. The number of carbonyl (C=O) groups is 2. The van der Waals surface area contributed by atoms with Gasteiger partial charge in [-0.15, -0.1) is 0 Å². The number of nitrogens with one attached hydrogen (secondary N) is 1. The van der Waals surface area contributed by atoms with Crippen molar-refractivity contribution in [1.82, 2.24) is 5.32 Å². The van der Waals surface area contributed by atoms with Gasteiger partial charge in [-0.05, 0) is 39.3 Å². The Balaban J connectivity index is 2.25. The van der Waals surface area contributed by atoms with Crippen molar-refractivity contribution >= 4 is 29.4 Å². The molecule has 28 heavy (non-hydrogen) atoms. The molecule has 1 aromatic carbocycles. The number of nitrogens with zero attached hydrogens (tertiary/aromatic N) is 1. The monoisotopic (exact) mass is 406 g/mol. The minimum absolute atomic E-state index is 0.0926. The lowest BCUT2D eigenvalue weighted by Crippen LogP contribution is -2.57. The standard InChI is InChI=1S/C19H22N2O6S/c1-5-26-17(22)14-10(3)20-19(4)16(18(23)27-6-2)15(14)12-9-11(21(24)25)7-8-13(12)28-19/h7-9,15-16,20H,5-6H2,1-4H3/t15-,16-,19-/m1/s1. The summed E-state index contributed by atoms with van der Waals surface area (Å²) >= 11 is 1.41. The minimum atomic E-state index is -0.764. The Morgan fingerprint density at radius 1 is 1.29 bits per heavy atom. The first-order chi connectivity index (χ1) is 13.2. The number of benzene rings is 1. The number of hydrogen-bond acceptors (Lipinski definition) is 8. The highest BCUT2D eigenvalue weighted by molar-refractivity contribution is 8.00. The van der Waals surface area contributed by atoms with E-state index in [1.54, 1.807) is 26.8 Å². The van der Waals surface area contributed by atoms with Gasteiger partial charge in [0.15, 0.2) is 0 Å². The van der Waals surface area contributed by atoms with E-state index in [1.807, 2.05) is 6.92 Å². The fourth-order valence-electron chi connectivity index (χ4n) is 3.96. The van der Waals surface area contributed by atoms with Crippen molar-refractivity contribution in [3.05, 3.63) is 45.1 Å². The Bertz CT molecular complexity index is 883. The number of nitro groups is 1. The number of non-ortho nitro benzene ring substituents is 1. The third-order valence-corrected chi connectivity index (χ3v) is 6.35. The Morgan fingerprint density at radius 3 is 2.57 bits per heavy atom. The fraction of sp³-hybridized carbons (Fsp3) is 0.474. The van der Waals surface area contributed by atoms with Crippen molar-refractivity contribution in [3.8, 4) is 0 Å². The minimum Gasteiger partial charge on any atom is -0.466 e. The quantitative estimate of drug-likeness (QED) is 0.451. The Labute approximate surface area is 166 Å². The van der Waals surface area contributed by atoms with Crippen LogP contribution in [0.5, 0.6) is 0 Å². The first-order valence-corrected chi connectivity index (χ1v) is 9.85. The van der Waals surface area contributed by atoms with Gasteiger partial charge in [-0.1, -0.05) is 11.8 Å². The van der Waals surface area contributed by atoms with E-state index in [0.29, 0.717) is 16.8 Å². The predicted molar refractivity (Wildman–Crippen MR) is 103 cm³/mol. The van der Waals surface area contributed by atoms with Gasteiger partial charge in [-0.2, -0.15) is 0 Å². The molecule has 0 aliphatic carbocycles. The van der Waals surface area contributed by atoms with Crippen LogP contribution in [-0.4, -0.2) is 34.9 Å². The number of ether oxygens (including phenoxy) is 2. The molecule has 2 aliphatic heterocycles. The summed E-state index contributed by atoms with van der Waals surface area (Å²) in [6.45, 7) is 7.42. The third-order valence-electron chi connectivity index (χ3n) is 4.97. The van der Waals surface area contributed by atoms with Crippen LogP contribution >= 0.6 is 11.8 Å². The summed E-state index contributed by atoms with van der Waals surface area (Å²) < 4.78 is 10.5. The van der Waals surface area contributed by atoms with Crippen LogP contribution in [0.4, 0.5) is 5.69 Å². The molecule has 2 heterocycles. The number of hydrogen-bond donors (Lipinski definition) is 1. The van der Waals surface area contributed by atoms with Gasteiger partial charge in [0, 0.05) is 28.6 Å². The van der Waals surface area contributed by atoms with Crippen LogP contribution in [-0.2, 0) is 19.1 Å². The van der Waals surface area contributed by atoms with Gasteiger partial charge in [-0.3, -0.25) is 14.9 Å². The summed E-state index contributed by atoms with van der Waals surface area (Å²) in [6.07, 6.45) is 0. The van der Waals surface area contributed by atoms with Gasteiger partial charge in [0.05, 0.1) is 28.6 Å². The van der Waals surface area contributed by atoms with Gasteiger partial charge in [0.1, 0.15) is 5.92 Å². The van der Waals surface area contributed by atoms with E-state index in [9.17, 15) is 19.7 Å². The van der Waals surface area contributed by atoms with Crippen LogP contribution in [0.25, 0.3) is 0 Å². The van der Waals surface area contributed by atoms with E-state index < -0.39 is 33.6 Å². The first-order valence-electron chi connectivity index (χ1n) is 9.03. The number of allylic oxidation sites excluding steroid dienone is 1. The van der Waals surface area contributed by atoms with Gasteiger partial charge in [-0.25, -0.2) is 4.79 Å². The molecule has 150 valence electrons. The van der Waals surface area contributed by atoms with E-state index in [0.717, 1.165) is 4.90 Å². The zero-order valence-corrected chi connectivity index (χ0v) is 16.9. The van der Waals surface area contributed by atoms with Crippen molar-refractivity contribution in [2.45, 2.75) is 43.4 Å². The van der Waals surface area contributed by atoms with Crippen molar-refractivity contribution in [1.29, 1.82) is 0 Å². The summed E-state index contributed by atoms with van der Waals surface area (Å²) in [5.41, 5.74) is 1.37. The van der Waals surface area contributed by atoms with Crippen LogP contribution in [0, 0.1) is 16.0 Å². The van der Waals surface area contributed by atoms with Crippen LogP contribution in [0.2, 0.25) is 0 Å². The molecule has 3 rings (SSSR count). The highest BCUT2D eigenvalue weighted by Crippen LogP contribution is 2.57. The van der Waals surface area contributed by atoms with E-state index in [1.165, 1.54) is 23.9 Å². The Hall–Kier alpha value is -2.55. The van der Waals surface area contributed by atoms with Crippen LogP contribution in [0.3, 0.4) is 0 Å². The van der Waals surface area contributed by atoms with Crippen molar-refractivity contribution in [2.24, 2.45) is 5.92 Å². The summed E-state index contributed by atoms with van der Waals surface area (Å²) in [6, 6.07) is 4.53. The average Bonchev–Trinajstić information content (AvgIpc) is 2.60. The molecule has 0 aromatic heterocycles. The van der Waals surface area contributed by atoms with E-state index in [2.05, 4.69) is 5.32 Å². The molecule has 0 saturated heterocycles. The molecule has 0 amide bonds. The van der Waals surface area contributed by atoms with Crippen molar-refractivity contribution < 1.29 is 24.0 Å². The van der Waals surface area contributed by atoms with Gasteiger partial charge >= 0.3 is 11.9 Å². The zero-order chi connectivity index (χ0) is 20.6. The Kier molecular flexibility index (Phi) is 5.38. The molecule has 8 nitrogen and oxygen atoms in total. The molecular formula is C19H22N2O6S. The van der Waals surface area contributed by atoms with Crippen molar-refractivity contribution in [3.63, 3.8) is 0 Å². The van der Waals surface area contributed by atoms with E-state index in [-0.39, 0.29) is 18.9 Å². The molecule has 2 aliphatic rings. The second kappa shape index (κ2) is 7.46. The molecule has 2 bridgehead atoms. The molecule has 1 N–H and O–H groups in total. The number of esters is 2. The number of fused-ring (bicyclic) bond motifs is 4. The summed E-state index contributed by atoms with van der Waals surface area (Å²) in [4.78, 5) is 36.5. The highest BCUT2D eigenvalue weighted by Gasteiger charge is 2.56. The molecule has 0 fully saturated rings. The Morgan fingerprint density at radius 2 is 1.96 bits per heavy atom. The maximum absolute atomic E-state index is 12.9. The van der Waals surface area contributed by atoms with Crippen molar-refractivity contribution in [2.75, 3.05) is 13.2 Å². The van der Waals surface area contributed by atoms with E-state index in [4.69, 9.17) is 9.47 Å². The lowest BCUT2D eigenvalue weighted by atomic mass is 9.72. The molecule has 0 spiro atoms. The van der Waals surface area contributed by atoms with E-state index >= 15 is 0 Å². The third kappa shape index (κ3) is 3.23. The summed E-state index contributed by atoms with van der Waals surface area (Å²) in [5, 5.41) is 14.6. The lowest BCUT2D eigenvalue weighted by Gasteiger charge is -2.49. The molecule has 1 aromatic rings. The lowest BCUT2D eigenvalue weighted by molar-refractivity contribution is -0.385. The second-order valence-corrected chi connectivity index (χ2v) is 8.27. The zero-order valence-electron chi connectivity index (χ0n) is 16.1. The topological polar surface area (TPSA) is 108 Å². The van der Waals surface area contributed by atoms with Crippen LogP contribution < -0.4 is 5.32 Å². The fourth-order valence-corrected chi connectivity index (χ4v) is 5.42. The van der Waals surface area contributed by atoms with Gasteiger partial charge < -0.3 is 14.8 Å². The first kappa shape index (κ1) is 20.2. The molecule has 0 radical (unpaired) electrons. The molecule has 0 unspecified atom stereocenters. The van der Waals surface area contributed by atoms with Gasteiger partial charge in [0.25, 0.3) is 5.69 Å². The number of carbonyl (C=O) groups excluding carboxylic acids is 2. The number of thioether (sulfide) groups is 1. The largest absolute Gasteiger partial charge is 0.466 e. The SMILES string of the molecule is CCOC(=O)C1=C(C)N[C@]2(C)Sc3ccc([N+](=O)[O-])cc3[C@H]1[C@@H]2C(=O)OCC. The predicted octanol–water partition coefficient (Wildman–Crippen LogP) is 3.12. The molecule has 9 heteroatoms. The molecule has 3 atom stereocenters. The highest BCUT2D eigenvalue weighted by atomic mass is 32.2. The smallest absolute Gasteiger partial charge is 0.336 e.